The first-order valence-electron chi connectivity index (χ1n) is 13.1. The van der Waals surface area contributed by atoms with Gasteiger partial charge >= 0.3 is 0 Å². The van der Waals surface area contributed by atoms with Crippen LogP contribution in [0.25, 0.3) is 0 Å². The lowest BCUT2D eigenvalue weighted by atomic mass is 9.72. The van der Waals surface area contributed by atoms with Crippen LogP contribution in [0.1, 0.15) is 99.8 Å². The molecular formula is C30H48O5. The van der Waals surface area contributed by atoms with Gasteiger partial charge in [-0.1, -0.05) is 39.5 Å². The molecule has 0 bridgehead atoms. The van der Waals surface area contributed by atoms with Crippen molar-refractivity contribution >= 4 is 31.4 Å². The van der Waals surface area contributed by atoms with Crippen LogP contribution >= 0.6 is 0 Å². The smallest absolute Gasteiger partial charge is 0.123 e. The molecule has 0 saturated carbocycles. The molecule has 0 aliphatic heterocycles. The van der Waals surface area contributed by atoms with Gasteiger partial charge in [-0.25, -0.2) is 0 Å². The first kappa shape index (κ1) is 32.9. The Bertz CT molecular complexity index is 727. The van der Waals surface area contributed by atoms with Crippen molar-refractivity contribution in [2.45, 2.75) is 99.8 Å². The van der Waals surface area contributed by atoms with E-state index in [4.69, 9.17) is 0 Å². The Kier molecular flexibility index (Phi) is 15.6. The van der Waals surface area contributed by atoms with Gasteiger partial charge in [-0.05, 0) is 77.6 Å². The van der Waals surface area contributed by atoms with E-state index < -0.39 is 11.8 Å². The van der Waals surface area contributed by atoms with Crippen molar-refractivity contribution in [3.63, 3.8) is 0 Å². The zero-order valence-corrected chi connectivity index (χ0v) is 23.0. The highest BCUT2D eigenvalue weighted by molar-refractivity contribution is 5.61. The lowest BCUT2D eigenvalue weighted by Gasteiger charge is -2.30. The van der Waals surface area contributed by atoms with Crippen LogP contribution < -0.4 is 0 Å². The minimum atomic E-state index is -0.460. The molecule has 0 amide bonds. The van der Waals surface area contributed by atoms with Gasteiger partial charge in [0.2, 0.25) is 0 Å². The molecule has 0 saturated heterocycles. The molecule has 5 nitrogen and oxygen atoms in total. The van der Waals surface area contributed by atoms with Crippen LogP contribution in [0, 0.1) is 58.2 Å². The maximum Gasteiger partial charge on any atom is 0.123 e. The van der Waals surface area contributed by atoms with E-state index in [1.165, 1.54) is 0 Å². The third-order valence-electron chi connectivity index (χ3n) is 6.43. The number of aldehydes is 5. The standard InChI is InChI=1S/C30H48O5/c1-23(2)16-29(5,6)10-11-30(7,17-24(3)4)18-28(22-35)15-27(21-34)14-26(20-33)13-25(19-32)9-8-12-31/h12,19-28H,8-9,13-18H2,1-7H3. The largest absolute Gasteiger partial charge is 0.303 e. The molecule has 0 spiro atoms. The lowest BCUT2D eigenvalue weighted by molar-refractivity contribution is -0.116. The van der Waals surface area contributed by atoms with E-state index in [1.807, 2.05) is 0 Å². The van der Waals surface area contributed by atoms with Crippen molar-refractivity contribution in [1.29, 1.82) is 0 Å². The highest BCUT2D eigenvalue weighted by atomic mass is 16.1. The molecule has 0 aliphatic rings. The molecule has 5 unspecified atom stereocenters. The summed E-state index contributed by atoms with van der Waals surface area (Å²) in [5.74, 6) is 6.29. The van der Waals surface area contributed by atoms with Gasteiger partial charge in [0.25, 0.3) is 0 Å². The second kappa shape index (κ2) is 16.6. The molecule has 0 heterocycles. The SMILES string of the molecule is CC(C)CC(C)(C)C#CC(C)(CC(C)C)CC(C=O)CC(C=O)CC(C=O)CC(C=O)CCC=O. The number of carbonyl (C=O) groups excluding carboxylic acids is 5. The maximum absolute atomic E-state index is 12.1. The van der Waals surface area contributed by atoms with Crippen LogP contribution in [0.15, 0.2) is 0 Å². The molecule has 0 aromatic heterocycles. The van der Waals surface area contributed by atoms with Gasteiger partial charge in [0.05, 0.1) is 0 Å². The predicted octanol–water partition coefficient (Wildman–Crippen LogP) is 5.91. The molecule has 5 heteroatoms. The summed E-state index contributed by atoms with van der Waals surface area (Å²) in [5, 5.41) is 0. The zero-order chi connectivity index (χ0) is 27.1. The molecule has 0 aromatic carbocycles. The molecule has 0 rings (SSSR count). The molecule has 5 atom stereocenters. The van der Waals surface area contributed by atoms with Gasteiger partial charge < -0.3 is 24.0 Å². The highest BCUT2D eigenvalue weighted by Crippen LogP contribution is 2.36. The maximum atomic E-state index is 12.1. The summed E-state index contributed by atoms with van der Waals surface area (Å²) >= 11 is 0. The van der Waals surface area contributed by atoms with Gasteiger partial charge in [-0.15, -0.1) is 0 Å². The number of hydrogen-bond donors (Lipinski definition) is 0. The Balaban J connectivity index is 5.51. The summed E-state index contributed by atoms with van der Waals surface area (Å²) in [4.78, 5) is 57.5. The van der Waals surface area contributed by atoms with Crippen molar-refractivity contribution in [3.8, 4) is 11.8 Å². The Morgan fingerprint density at radius 3 is 1.49 bits per heavy atom. The van der Waals surface area contributed by atoms with Crippen molar-refractivity contribution in [2.24, 2.45) is 46.3 Å². The van der Waals surface area contributed by atoms with Gasteiger partial charge in [0.15, 0.2) is 0 Å². The minimum absolute atomic E-state index is 0.120. The van der Waals surface area contributed by atoms with Crippen LogP contribution in [0.4, 0.5) is 0 Å². The minimum Gasteiger partial charge on any atom is -0.303 e. The van der Waals surface area contributed by atoms with E-state index in [1.54, 1.807) is 0 Å². The van der Waals surface area contributed by atoms with Crippen LogP contribution in [-0.4, -0.2) is 31.4 Å². The summed E-state index contributed by atoms with van der Waals surface area (Å²) in [6.45, 7) is 15.1. The predicted molar refractivity (Wildman–Crippen MR) is 141 cm³/mol. The zero-order valence-electron chi connectivity index (χ0n) is 23.0. The Morgan fingerprint density at radius 1 is 0.600 bits per heavy atom. The van der Waals surface area contributed by atoms with E-state index in [9.17, 15) is 24.0 Å². The van der Waals surface area contributed by atoms with Crippen molar-refractivity contribution in [2.75, 3.05) is 0 Å². The van der Waals surface area contributed by atoms with Crippen molar-refractivity contribution in [1.82, 2.24) is 0 Å². The first-order valence-corrected chi connectivity index (χ1v) is 13.1. The van der Waals surface area contributed by atoms with Gasteiger partial charge in [0.1, 0.15) is 31.4 Å². The number of hydrogen-bond acceptors (Lipinski definition) is 5. The molecular weight excluding hydrogens is 440 g/mol. The van der Waals surface area contributed by atoms with Crippen LogP contribution in [0.3, 0.4) is 0 Å². The highest BCUT2D eigenvalue weighted by Gasteiger charge is 2.30. The second-order valence-electron chi connectivity index (χ2n) is 12.1. The average molecular weight is 489 g/mol. The van der Waals surface area contributed by atoms with Crippen LogP contribution in [-0.2, 0) is 24.0 Å². The van der Waals surface area contributed by atoms with Gasteiger partial charge in [0, 0.05) is 40.9 Å². The third kappa shape index (κ3) is 14.8. The Morgan fingerprint density at radius 2 is 1.06 bits per heavy atom. The molecule has 0 N–H and O–H groups in total. The monoisotopic (exact) mass is 488 g/mol. The van der Waals surface area contributed by atoms with Gasteiger partial charge in [-0.2, -0.15) is 0 Å². The fourth-order valence-corrected chi connectivity index (χ4v) is 5.35. The quantitative estimate of drug-likeness (QED) is 0.167. The second-order valence-corrected chi connectivity index (χ2v) is 12.1. The topological polar surface area (TPSA) is 85.3 Å². The van der Waals surface area contributed by atoms with E-state index in [-0.39, 0.29) is 29.1 Å². The average Bonchev–Trinajstić information content (AvgIpc) is 2.77. The summed E-state index contributed by atoms with van der Waals surface area (Å²) < 4.78 is 0. The lowest BCUT2D eigenvalue weighted by Crippen LogP contribution is -2.26. The first-order chi connectivity index (χ1) is 16.3. The summed E-state index contributed by atoms with van der Waals surface area (Å²) in [5.41, 5.74) is -0.479. The molecule has 198 valence electrons. The Labute approximate surface area is 213 Å². The summed E-state index contributed by atoms with van der Waals surface area (Å²) in [7, 11) is 0. The van der Waals surface area contributed by atoms with Crippen LogP contribution in [0.2, 0.25) is 0 Å². The molecule has 0 aromatic rings. The molecule has 0 aliphatic carbocycles. The molecule has 0 fully saturated rings. The van der Waals surface area contributed by atoms with E-state index in [0.717, 1.165) is 44.3 Å². The number of rotatable bonds is 19. The van der Waals surface area contributed by atoms with Crippen molar-refractivity contribution < 1.29 is 24.0 Å². The van der Waals surface area contributed by atoms with E-state index in [0.29, 0.717) is 43.9 Å². The van der Waals surface area contributed by atoms with Crippen LogP contribution in [0.5, 0.6) is 0 Å². The van der Waals surface area contributed by atoms with E-state index >= 15 is 0 Å². The van der Waals surface area contributed by atoms with E-state index in [2.05, 4.69) is 60.3 Å². The van der Waals surface area contributed by atoms with Crippen molar-refractivity contribution in [3.05, 3.63) is 0 Å². The summed E-state index contributed by atoms with van der Waals surface area (Å²) in [6.07, 6.45) is 8.12. The fraction of sp³-hybridized carbons (Fsp3) is 0.767. The number of carbonyl (C=O) groups is 5. The Hall–Kier alpha value is -2.09. The normalized spacial score (nSPS) is 16.8. The third-order valence-corrected chi connectivity index (χ3v) is 6.43. The fourth-order valence-electron chi connectivity index (χ4n) is 5.35. The van der Waals surface area contributed by atoms with Gasteiger partial charge in [-0.3, -0.25) is 0 Å². The molecule has 35 heavy (non-hydrogen) atoms. The summed E-state index contributed by atoms with van der Waals surface area (Å²) in [6, 6.07) is 0. The molecule has 0 radical (unpaired) electrons.